The predicted molar refractivity (Wildman–Crippen MR) is 119 cm³/mol. The standard InChI is InChI=1S/C23H30N2O2S/c1-5-7-11-21(26)24-19-12-14-20(15-13-19)28-17(4)23(27)25-22-16(3)9-8-10-18(22)6-2/h8-10,12-15,17H,5-7,11H2,1-4H3,(H,24,26)(H,25,27). The molecule has 0 heterocycles. The third kappa shape index (κ3) is 6.41. The zero-order chi connectivity index (χ0) is 20.5. The van der Waals surface area contributed by atoms with E-state index in [1.165, 1.54) is 11.8 Å². The lowest BCUT2D eigenvalue weighted by molar-refractivity contribution is -0.116. The summed E-state index contributed by atoms with van der Waals surface area (Å²) in [5.41, 5.74) is 3.93. The van der Waals surface area contributed by atoms with E-state index in [1.54, 1.807) is 0 Å². The first-order chi connectivity index (χ1) is 13.4. The quantitative estimate of drug-likeness (QED) is 0.524. The molecule has 2 N–H and O–H groups in total. The molecule has 0 spiro atoms. The van der Waals surface area contributed by atoms with Crippen LogP contribution in [0.25, 0.3) is 0 Å². The summed E-state index contributed by atoms with van der Waals surface area (Å²) < 4.78 is 0. The molecule has 2 aromatic carbocycles. The Labute approximate surface area is 172 Å². The van der Waals surface area contributed by atoms with Gasteiger partial charge in [0.1, 0.15) is 0 Å². The third-order valence-electron chi connectivity index (χ3n) is 4.57. The summed E-state index contributed by atoms with van der Waals surface area (Å²) in [6, 6.07) is 13.7. The van der Waals surface area contributed by atoms with E-state index in [0.29, 0.717) is 6.42 Å². The van der Waals surface area contributed by atoms with E-state index in [4.69, 9.17) is 0 Å². The molecule has 0 aromatic heterocycles. The molecule has 2 rings (SSSR count). The summed E-state index contributed by atoms with van der Waals surface area (Å²) in [4.78, 5) is 25.5. The highest BCUT2D eigenvalue weighted by molar-refractivity contribution is 8.00. The van der Waals surface area contributed by atoms with Crippen molar-refractivity contribution >= 4 is 35.0 Å². The van der Waals surface area contributed by atoms with Crippen LogP contribution in [0.4, 0.5) is 11.4 Å². The minimum atomic E-state index is -0.227. The normalized spacial score (nSPS) is 11.7. The topological polar surface area (TPSA) is 58.2 Å². The van der Waals surface area contributed by atoms with Crippen molar-refractivity contribution < 1.29 is 9.59 Å². The highest BCUT2D eigenvalue weighted by Gasteiger charge is 2.17. The molecule has 0 aliphatic heterocycles. The summed E-state index contributed by atoms with van der Waals surface area (Å²) in [6.45, 7) is 8.08. The highest BCUT2D eigenvalue weighted by atomic mass is 32.2. The van der Waals surface area contributed by atoms with Gasteiger partial charge in [-0.3, -0.25) is 9.59 Å². The minimum Gasteiger partial charge on any atom is -0.326 e. The van der Waals surface area contributed by atoms with Gasteiger partial charge in [-0.05, 0) is 62.1 Å². The number of amides is 2. The second kappa shape index (κ2) is 10.9. The number of carbonyl (C=O) groups is 2. The van der Waals surface area contributed by atoms with E-state index < -0.39 is 0 Å². The van der Waals surface area contributed by atoms with Crippen molar-refractivity contribution in [3.63, 3.8) is 0 Å². The van der Waals surface area contributed by atoms with Gasteiger partial charge >= 0.3 is 0 Å². The number of anilines is 2. The van der Waals surface area contributed by atoms with E-state index >= 15 is 0 Å². The van der Waals surface area contributed by atoms with Crippen LogP contribution in [0.1, 0.15) is 51.2 Å². The average Bonchev–Trinajstić information content (AvgIpc) is 2.69. The van der Waals surface area contributed by atoms with Crippen molar-refractivity contribution in [3.05, 3.63) is 53.6 Å². The molecule has 1 atom stereocenters. The van der Waals surface area contributed by atoms with E-state index in [0.717, 1.165) is 46.7 Å². The molecule has 5 heteroatoms. The molecule has 0 bridgehead atoms. The van der Waals surface area contributed by atoms with Gasteiger partial charge < -0.3 is 10.6 Å². The van der Waals surface area contributed by atoms with E-state index in [2.05, 4.69) is 24.5 Å². The van der Waals surface area contributed by atoms with Crippen LogP contribution in [0, 0.1) is 6.92 Å². The van der Waals surface area contributed by atoms with Gasteiger partial charge in [-0.15, -0.1) is 11.8 Å². The van der Waals surface area contributed by atoms with Crippen LogP contribution < -0.4 is 10.6 Å². The lowest BCUT2D eigenvalue weighted by Gasteiger charge is -2.16. The first kappa shape index (κ1) is 22.0. The van der Waals surface area contributed by atoms with Crippen molar-refractivity contribution in [2.75, 3.05) is 10.6 Å². The summed E-state index contributed by atoms with van der Waals surface area (Å²) >= 11 is 1.51. The zero-order valence-electron chi connectivity index (χ0n) is 17.2. The van der Waals surface area contributed by atoms with Crippen molar-refractivity contribution in [1.82, 2.24) is 0 Å². The predicted octanol–water partition coefficient (Wildman–Crippen LogP) is 5.81. The molecule has 4 nitrogen and oxygen atoms in total. The van der Waals surface area contributed by atoms with Gasteiger partial charge in [0.2, 0.25) is 11.8 Å². The van der Waals surface area contributed by atoms with Crippen molar-refractivity contribution in [2.45, 2.75) is 63.5 Å². The Morgan fingerprint density at radius 2 is 1.75 bits per heavy atom. The lowest BCUT2D eigenvalue weighted by Crippen LogP contribution is -2.23. The maximum absolute atomic E-state index is 12.7. The fraction of sp³-hybridized carbons (Fsp3) is 0.391. The molecule has 2 aromatic rings. The van der Waals surface area contributed by atoms with Crippen LogP contribution >= 0.6 is 11.8 Å². The number of aryl methyl sites for hydroxylation is 2. The van der Waals surface area contributed by atoms with Gasteiger partial charge in [0.15, 0.2) is 0 Å². The van der Waals surface area contributed by atoms with E-state index in [1.807, 2.05) is 56.3 Å². The summed E-state index contributed by atoms with van der Waals surface area (Å²) in [6.07, 6.45) is 3.32. The molecule has 0 saturated carbocycles. The van der Waals surface area contributed by atoms with Crippen LogP contribution in [0.3, 0.4) is 0 Å². The fourth-order valence-electron chi connectivity index (χ4n) is 2.86. The van der Waals surface area contributed by atoms with Gasteiger partial charge in [-0.25, -0.2) is 0 Å². The first-order valence-corrected chi connectivity index (χ1v) is 10.8. The van der Waals surface area contributed by atoms with Crippen molar-refractivity contribution in [3.8, 4) is 0 Å². The SMILES string of the molecule is CCCCC(=O)Nc1ccc(SC(C)C(=O)Nc2c(C)cccc2CC)cc1. The van der Waals surface area contributed by atoms with Gasteiger partial charge in [-0.1, -0.05) is 38.5 Å². The molecular weight excluding hydrogens is 368 g/mol. The second-order valence-corrected chi connectivity index (χ2v) is 8.30. The lowest BCUT2D eigenvalue weighted by atomic mass is 10.1. The Hall–Kier alpha value is -2.27. The Morgan fingerprint density at radius 3 is 2.39 bits per heavy atom. The molecule has 0 aliphatic carbocycles. The van der Waals surface area contributed by atoms with Crippen LogP contribution in [0.2, 0.25) is 0 Å². The Balaban J connectivity index is 1.94. The number of hydrogen-bond donors (Lipinski definition) is 2. The van der Waals surface area contributed by atoms with E-state index in [9.17, 15) is 9.59 Å². The third-order valence-corrected chi connectivity index (χ3v) is 5.68. The maximum atomic E-state index is 12.7. The van der Waals surface area contributed by atoms with Gasteiger partial charge in [-0.2, -0.15) is 0 Å². The number of carbonyl (C=O) groups excluding carboxylic acids is 2. The monoisotopic (exact) mass is 398 g/mol. The Morgan fingerprint density at radius 1 is 1.04 bits per heavy atom. The molecule has 0 saturated heterocycles. The minimum absolute atomic E-state index is 0.00838. The maximum Gasteiger partial charge on any atom is 0.237 e. The molecular formula is C23H30N2O2S. The first-order valence-electron chi connectivity index (χ1n) is 9.90. The second-order valence-electron chi connectivity index (χ2n) is 6.89. The molecule has 150 valence electrons. The molecule has 0 radical (unpaired) electrons. The summed E-state index contributed by atoms with van der Waals surface area (Å²) in [5.74, 6) is 0.0332. The zero-order valence-corrected chi connectivity index (χ0v) is 18.0. The van der Waals surface area contributed by atoms with Crippen LogP contribution in [0.5, 0.6) is 0 Å². The van der Waals surface area contributed by atoms with E-state index in [-0.39, 0.29) is 17.1 Å². The molecule has 1 unspecified atom stereocenters. The largest absolute Gasteiger partial charge is 0.326 e. The average molecular weight is 399 g/mol. The van der Waals surface area contributed by atoms with Gasteiger partial charge in [0.05, 0.1) is 5.25 Å². The van der Waals surface area contributed by atoms with Crippen LogP contribution in [-0.4, -0.2) is 17.1 Å². The number of nitrogens with one attached hydrogen (secondary N) is 2. The van der Waals surface area contributed by atoms with Crippen LogP contribution in [0.15, 0.2) is 47.4 Å². The van der Waals surface area contributed by atoms with Crippen molar-refractivity contribution in [1.29, 1.82) is 0 Å². The van der Waals surface area contributed by atoms with Crippen LogP contribution in [-0.2, 0) is 16.0 Å². The highest BCUT2D eigenvalue weighted by Crippen LogP contribution is 2.27. The molecule has 28 heavy (non-hydrogen) atoms. The molecule has 0 aliphatic rings. The number of benzene rings is 2. The number of unbranched alkanes of at least 4 members (excludes halogenated alkanes) is 1. The Bertz CT molecular complexity index is 803. The van der Waals surface area contributed by atoms with Crippen molar-refractivity contribution in [2.24, 2.45) is 0 Å². The van der Waals surface area contributed by atoms with Gasteiger partial charge in [0, 0.05) is 22.7 Å². The number of para-hydroxylation sites is 1. The smallest absolute Gasteiger partial charge is 0.237 e. The van der Waals surface area contributed by atoms with Gasteiger partial charge in [0.25, 0.3) is 0 Å². The molecule has 0 fully saturated rings. The molecule has 2 amide bonds. The number of rotatable bonds is 9. The summed E-state index contributed by atoms with van der Waals surface area (Å²) in [7, 11) is 0. The number of hydrogen-bond acceptors (Lipinski definition) is 3. The number of thioether (sulfide) groups is 1. The Kier molecular flexibility index (Phi) is 8.58. The fourth-order valence-corrected chi connectivity index (χ4v) is 3.73. The summed E-state index contributed by atoms with van der Waals surface area (Å²) in [5, 5.41) is 5.77.